The average molecular weight is 342 g/mol. The number of likely N-dealkylation sites (tertiary alicyclic amines) is 1. The molecule has 2 aromatic rings. The van der Waals surface area contributed by atoms with E-state index in [1.54, 1.807) is 13.3 Å². The van der Waals surface area contributed by atoms with Crippen LogP contribution in [-0.4, -0.2) is 57.8 Å². The van der Waals surface area contributed by atoms with Gasteiger partial charge in [0.2, 0.25) is 0 Å². The second-order valence-corrected chi connectivity index (χ2v) is 6.58. The van der Waals surface area contributed by atoms with Gasteiger partial charge < -0.3 is 14.0 Å². The van der Waals surface area contributed by atoms with Gasteiger partial charge in [-0.1, -0.05) is 18.2 Å². The third-order valence-electron chi connectivity index (χ3n) is 5.02. The van der Waals surface area contributed by atoms with E-state index in [2.05, 4.69) is 9.88 Å². The molecule has 0 aliphatic carbocycles. The molecule has 7 heteroatoms. The SMILES string of the molecule is COc1ccccc1CN1C(=O)O[C@H]2CN(Cc3nccn3C)C[C@H]21. The first-order chi connectivity index (χ1) is 12.2. The summed E-state index contributed by atoms with van der Waals surface area (Å²) in [6.07, 6.45) is 3.43. The Morgan fingerprint density at radius 2 is 2.12 bits per heavy atom. The number of methoxy groups -OCH3 is 1. The van der Waals surface area contributed by atoms with Crippen LogP contribution >= 0.6 is 0 Å². The minimum absolute atomic E-state index is 0.0673. The van der Waals surface area contributed by atoms with Gasteiger partial charge in [0.05, 0.1) is 26.2 Å². The van der Waals surface area contributed by atoms with E-state index in [9.17, 15) is 4.79 Å². The lowest BCUT2D eigenvalue weighted by Crippen LogP contribution is -2.37. The molecule has 0 N–H and O–H groups in total. The van der Waals surface area contributed by atoms with Crippen LogP contribution in [0.3, 0.4) is 0 Å². The number of imidazole rings is 1. The maximum absolute atomic E-state index is 12.3. The van der Waals surface area contributed by atoms with E-state index in [1.807, 2.05) is 47.0 Å². The number of hydrogen-bond acceptors (Lipinski definition) is 5. The highest BCUT2D eigenvalue weighted by atomic mass is 16.6. The van der Waals surface area contributed by atoms with Crippen molar-refractivity contribution in [1.82, 2.24) is 19.4 Å². The van der Waals surface area contributed by atoms with Gasteiger partial charge in [0.25, 0.3) is 0 Å². The van der Waals surface area contributed by atoms with Crippen LogP contribution in [0, 0.1) is 0 Å². The van der Waals surface area contributed by atoms with Crippen molar-refractivity contribution in [2.75, 3.05) is 20.2 Å². The van der Waals surface area contributed by atoms with Crippen molar-refractivity contribution in [2.45, 2.75) is 25.2 Å². The van der Waals surface area contributed by atoms with Crippen molar-refractivity contribution < 1.29 is 14.3 Å². The van der Waals surface area contributed by atoms with E-state index >= 15 is 0 Å². The molecule has 2 saturated heterocycles. The number of para-hydroxylation sites is 1. The zero-order valence-corrected chi connectivity index (χ0v) is 14.5. The molecule has 4 rings (SSSR count). The molecule has 0 unspecified atom stereocenters. The number of aryl methyl sites for hydroxylation is 1. The van der Waals surface area contributed by atoms with Gasteiger partial charge >= 0.3 is 6.09 Å². The molecule has 1 aromatic heterocycles. The summed E-state index contributed by atoms with van der Waals surface area (Å²) in [4.78, 5) is 20.8. The van der Waals surface area contributed by atoms with Crippen LogP contribution in [0.2, 0.25) is 0 Å². The van der Waals surface area contributed by atoms with Crippen LogP contribution in [-0.2, 0) is 24.9 Å². The van der Waals surface area contributed by atoms with Crippen molar-refractivity contribution >= 4 is 6.09 Å². The third-order valence-corrected chi connectivity index (χ3v) is 5.02. The van der Waals surface area contributed by atoms with Crippen LogP contribution < -0.4 is 4.74 Å². The van der Waals surface area contributed by atoms with E-state index in [0.717, 1.165) is 36.8 Å². The first-order valence-electron chi connectivity index (χ1n) is 8.43. The Balaban J connectivity index is 1.47. The summed E-state index contributed by atoms with van der Waals surface area (Å²) in [6.45, 7) is 2.79. The van der Waals surface area contributed by atoms with Gasteiger partial charge in [0.15, 0.2) is 0 Å². The average Bonchev–Trinajstić information content (AvgIpc) is 3.26. The largest absolute Gasteiger partial charge is 0.496 e. The van der Waals surface area contributed by atoms with Crippen LogP contribution in [0.1, 0.15) is 11.4 Å². The fourth-order valence-corrected chi connectivity index (χ4v) is 3.66. The molecular weight excluding hydrogens is 320 g/mol. The first-order valence-corrected chi connectivity index (χ1v) is 8.43. The highest BCUT2D eigenvalue weighted by molar-refractivity contribution is 5.71. The minimum atomic E-state index is -0.238. The minimum Gasteiger partial charge on any atom is -0.496 e. The van der Waals surface area contributed by atoms with Gasteiger partial charge in [-0.15, -0.1) is 0 Å². The van der Waals surface area contributed by atoms with Crippen LogP contribution in [0.25, 0.3) is 0 Å². The van der Waals surface area contributed by atoms with Crippen LogP contribution in [0.4, 0.5) is 4.79 Å². The second kappa shape index (κ2) is 6.40. The van der Waals surface area contributed by atoms with E-state index in [1.165, 1.54) is 0 Å². The Labute approximate surface area is 146 Å². The van der Waals surface area contributed by atoms with Crippen molar-refractivity contribution in [3.63, 3.8) is 0 Å². The number of fused-ring (bicyclic) bond motifs is 1. The molecule has 2 fully saturated rings. The number of aromatic nitrogens is 2. The molecule has 2 aliphatic heterocycles. The number of carbonyl (C=O) groups excluding carboxylic acids is 1. The molecular formula is C18H22N4O3. The molecule has 25 heavy (non-hydrogen) atoms. The van der Waals surface area contributed by atoms with Gasteiger partial charge in [-0.2, -0.15) is 0 Å². The highest BCUT2D eigenvalue weighted by Crippen LogP contribution is 2.30. The van der Waals surface area contributed by atoms with Gasteiger partial charge in [-0.3, -0.25) is 9.80 Å². The fraction of sp³-hybridized carbons (Fsp3) is 0.444. The Hall–Kier alpha value is -2.54. The van der Waals surface area contributed by atoms with Crippen molar-refractivity contribution in [3.8, 4) is 5.75 Å². The summed E-state index contributed by atoms with van der Waals surface area (Å²) in [6, 6.07) is 7.85. The highest BCUT2D eigenvalue weighted by Gasteiger charge is 2.47. The zero-order chi connectivity index (χ0) is 17.4. The third kappa shape index (κ3) is 2.95. The van der Waals surface area contributed by atoms with Gasteiger partial charge in [0.1, 0.15) is 17.7 Å². The molecule has 2 atom stereocenters. The maximum atomic E-state index is 12.3. The summed E-state index contributed by atoms with van der Waals surface area (Å²) in [5.74, 6) is 1.81. The fourth-order valence-electron chi connectivity index (χ4n) is 3.66. The van der Waals surface area contributed by atoms with E-state index in [4.69, 9.17) is 9.47 Å². The van der Waals surface area contributed by atoms with Crippen molar-refractivity contribution in [1.29, 1.82) is 0 Å². The Bertz CT molecular complexity index is 775. The Kier molecular flexibility index (Phi) is 4.09. The predicted octanol–water partition coefficient (Wildman–Crippen LogP) is 1.63. The number of benzene rings is 1. The lowest BCUT2D eigenvalue weighted by atomic mass is 10.1. The molecule has 0 bridgehead atoms. The topological polar surface area (TPSA) is 59.8 Å². The summed E-state index contributed by atoms with van der Waals surface area (Å²) >= 11 is 0. The first kappa shape index (κ1) is 16.0. The second-order valence-electron chi connectivity index (χ2n) is 6.58. The Morgan fingerprint density at radius 3 is 2.88 bits per heavy atom. The number of hydrogen-bond donors (Lipinski definition) is 0. The summed E-state index contributed by atoms with van der Waals surface area (Å²) in [5, 5.41) is 0. The molecule has 0 spiro atoms. The molecule has 7 nitrogen and oxygen atoms in total. The number of amides is 1. The molecule has 2 aliphatic rings. The smallest absolute Gasteiger partial charge is 0.410 e. The molecule has 0 radical (unpaired) electrons. The zero-order valence-electron chi connectivity index (χ0n) is 14.5. The summed E-state index contributed by atoms with van der Waals surface area (Å²) < 4.78 is 13.0. The lowest BCUT2D eigenvalue weighted by Gasteiger charge is -2.23. The molecule has 132 valence electrons. The quantitative estimate of drug-likeness (QED) is 0.827. The van der Waals surface area contributed by atoms with Crippen LogP contribution in [0.15, 0.2) is 36.7 Å². The predicted molar refractivity (Wildman–Crippen MR) is 91.1 cm³/mol. The summed E-state index contributed by atoms with van der Waals surface area (Å²) in [5.41, 5.74) is 0.991. The van der Waals surface area contributed by atoms with E-state index < -0.39 is 0 Å². The Morgan fingerprint density at radius 1 is 1.28 bits per heavy atom. The number of nitrogens with zero attached hydrogens (tertiary/aromatic N) is 4. The van der Waals surface area contributed by atoms with Gasteiger partial charge in [-0.25, -0.2) is 9.78 Å². The maximum Gasteiger partial charge on any atom is 0.410 e. The molecule has 1 aromatic carbocycles. The molecule has 0 saturated carbocycles. The van der Waals surface area contributed by atoms with Crippen molar-refractivity contribution in [2.24, 2.45) is 7.05 Å². The lowest BCUT2D eigenvalue weighted by molar-refractivity contribution is 0.118. The standard InChI is InChI=1S/C18H22N4O3/c1-20-8-7-19-17(20)12-21-10-14-16(11-21)25-18(23)22(14)9-13-5-3-4-6-15(13)24-2/h3-8,14,16H,9-12H2,1-2H3/t14-,16+/m1/s1. The monoisotopic (exact) mass is 342 g/mol. The summed E-state index contributed by atoms with van der Waals surface area (Å²) in [7, 11) is 3.64. The number of rotatable bonds is 5. The van der Waals surface area contributed by atoms with Crippen LogP contribution in [0.5, 0.6) is 5.75 Å². The van der Waals surface area contributed by atoms with Crippen molar-refractivity contribution in [3.05, 3.63) is 48.0 Å². The number of ether oxygens (including phenoxy) is 2. The normalized spacial score (nSPS) is 23.0. The molecule has 3 heterocycles. The van der Waals surface area contributed by atoms with E-state index in [0.29, 0.717) is 6.54 Å². The van der Waals surface area contributed by atoms with Gasteiger partial charge in [0, 0.05) is 38.1 Å². The van der Waals surface area contributed by atoms with Gasteiger partial charge in [-0.05, 0) is 6.07 Å². The van der Waals surface area contributed by atoms with E-state index in [-0.39, 0.29) is 18.2 Å². The molecule has 1 amide bonds. The number of carbonyl (C=O) groups is 1.